The molecule has 1 heterocycles. The second-order valence-corrected chi connectivity index (χ2v) is 5.33. The summed E-state index contributed by atoms with van der Waals surface area (Å²) in [5.74, 6) is 7.23. The largest absolute Gasteiger partial charge is 0.366 e. The number of hydrogen-bond acceptors (Lipinski definition) is 4. The Hall–Kier alpha value is -0.710. The van der Waals surface area contributed by atoms with E-state index in [0.29, 0.717) is 27.7 Å². The number of pyridine rings is 1. The van der Waals surface area contributed by atoms with Crippen molar-refractivity contribution in [3.63, 3.8) is 0 Å². The number of nitrogens with zero attached hydrogens (tertiary/aromatic N) is 1. The highest BCUT2D eigenvalue weighted by atomic mass is 35.5. The van der Waals surface area contributed by atoms with Crippen molar-refractivity contribution in [1.82, 2.24) is 4.98 Å². The van der Waals surface area contributed by atoms with Crippen LogP contribution < -0.4 is 16.6 Å². The van der Waals surface area contributed by atoms with E-state index in [1.165, 1.54) is 12.8 Å². The Morgan fingerprint density at radius 2 is 2.06 bits per heavy atom. The second-order valence-electron chi connectivity index (χ2n) is 4.52. The van der Waals surface area contributed by atoms with Crippen molar-refractivity contribution in [1.29, 1.82) is 0 Å². The van der Waals surface area contributed by atoms with Gasteiger partial charge in [-0.25, -0.2) is 10.8 Å². The smallest absolute Gasteiger partial charge is 0.161 e. The molecule has 4 N–H and O–H groups in total. The van der Waals surface area contributed by atoms with Crippen LogP contribution in [0, 0.1) is 5.92 Å². The Morgan fingerprint density at radius 1 is 1.41 bits per heavy atom. The molecule has 0 aliphatic heterocycles. The topological polar surface area (TPSA) is 63.0 Å². The molecule has 1 aromatic heterocycles. The van der Waals surface area contributed by atoms with Crippen molar-refractivity contribution >= 4 is 34.8 Å². The lowest BCUT2D eigenvalue weighted by Gasteiger charge is -2.16. The number of hydrogen-bond donors (Lipinski definition) is 3. The Bertz CT molecular complexity index is 407. The van der Waals surface area contributed by atoms with E-state index >= 15 is 0 Å². The summed E-state index contributed by atoms with van der Waals surface area (Å²) in [6.07, 6.45) is 3.82. The van der Waals surface area contributed by atoms with Crippen LogP contribution in [0.25, 0.3) is 0 Å². The maximum Gasteiger partial charge on any atom is 0.161 e. The molecule has 17 heavy (non-hydrogen) atoms. The molecule has 0 amide bonds. The molecule has 1 aliphatic carbocycles. The number of nitrogens with two attached hydrogens (primary N) is 1. The number of nitrogens with one attached hydrogen (secondary N) is 2. The van der Waals surface area contributed by atoms with Crippen LogP contribution >= 0.6 is 23.2 Å². The maximum absolute atomic E-state index is 6.08. The SMILES string of the molecule is CC(CC1CC1)Nc1nc(NN)c(Cl)cc1Cl. The average Bonchev–Trinajstić information content (AvgIpc) is 3.06. The van der Waals surface area contributed by atoms with Crippen LogP contribution in [0.5, 0.6) is 0 Å². The molecule has 6 heteroatoms. The molecule has 0 radical (unpaired) electrons. The van der Waals surface area contributed by atoms with E-state index in [-0.39, 0.29) is 0 Å². The van der Waals surface area contributed by atoms with Gasteiger partial charge in [0, 0.05) is 6.04 Å². The van der Waals surface area contributed by atoms with E-state index in [4.69, 9.17) is 29.0 Å². The van der Waals surface area contributed by atoms with E-state index < -0.39 is 0 Å². The zero-order chi connectivity index (χ0) is 12.4. The van der Waals surface area contributed by atoms with Crippen LogP contribution in [0.3, 0.4) is 0 Å². The molecule has 4 nitrogen and oxygen atoms in total. The van der Waals surface area contributed by atoms with Crippen LogP contribution in [-0.2, 0) is 0 Å². The van der Waals surface area contributed by atoms with Gasteiger partial charge in [-0.15, -0.1) is 0 Å². The lowest BCUT2D eigenvalue weighted by atomic mass is 10.1. The monoisotopic (exact) mass is 274 g/mol. The van der Waals surface area contributed by atoms with Crippen LogP contribution in [0.2, 0.25) is 10.0 Å². The van der Waals surface area contributed by atoms with Crippen LogP contribution in [0.4, 0.5) is 11.6 Å². The van der Waals surface area contributed by atoms with Gasteiger partial charge >= 0.3 is 0 Å². The van der Waals surface area contributed by atoms with E-state index in [0.717, 1.165) is 12.3 Å². The van der Waals surface area contributed by atoms with Gasteiger partial charge < -0.3 is 10.7 Å². The number of hydrazine groups is 1. The fourth-order valence-corrected chi connectivity index (χ4v) is 2.28. The summed E-state index contributed by atoms with van der Waals surface area (Å²) in [5.41, 5.74) is 2.45. The number of nitrogen functional groups attached to an aromatic ring is 1. The quantitative estimate of drug-likeness (QED) is 0.570. The van der Waals surface area contributed by atoms with Gasteiger partial charge in [0.25, 0.3) is 0 Å². The van der Waals surface area contributed by atoms with Crippen molar-refractivity contribution in [2.24, 2.45) is 11.8 Å². The van der Waals surface area contributed by atoms with Crippen molar-refractivity contribution in [2.45, 2.75) is 32.2 Å². The highest BCUT2D eigenvalue weighted by Crippen LogP contribution is 2.35. The second kappa shape index (κ2) is 5.29. The first-order valence-electron chi connectivity index (χ1n) is 5.69. The molecule has 1 fully saturated rings. The van der Waals surface area contributed by atoms with E-state index in [1.807, 2.05) is 0 Å². The molecular weight excluding hydrogens is 259 g/mol. The van der Waals surface area contributed by atoms with Gasteiger partial charge in [0.1, 0.15) is 5.82 Å². The molecule has 2 rings (SSSR count). The molecule has 94 valence electrons. The Labute approximate surface area is 111 Å². The summed E-state index contributed by atoms with van der Waals surface area (Å²) in [5, 5.41) is 4.21. The molecule has 1 saturated carbocycles. The zero-order valence-corrected chi connectivity index (χ0v) is 11.1. The standard InChI is InChI=1S/C11H16Cl2N4/c1-6(4-7-2-3-7)15-10-8(12)5-9(13)11(16-10)17-14/h5-7H,2-4,14H2,1H3,(H2,15,16,17). The number of rotatable bonds is 5. The zero-order valence-electron chi connectivity index (χ0n) is 9.63. The fourth-order valence-electron chi connectivity index (χ4n) is 1.81. The lowest BCUT2D eigenvalue weighted by Crippen LogP contribution is -2.18. The van der Waals surface area contributed by atoms with Gasteiger partial charge in [0.05, 0.1) is 10.0 Å². The molecular formula is C11H16Cl2N4. The average molecular weight is 275 g/mol. The molecule has 0 bridgehead atoms. The Kier molecular flexibility index (Phi) is 3.97. The summed E-state index contributed by atoms with van der Waals surface area (Å²) in [6.45, 7) is 2.13. The van der Waals surface area contributed by atoms with Gasteiger partial charge in [0.2, 0.25) is 0 Å². The van der Waals surface area contributed by atoms with Crippen LogP contribution in [0.15, 0.2) is 6.07 Å². The number of anilines is 2. The molecule has 1 atom stereocenters. The first-order valence-corrected chi connectivity index (χ1v) is 6.45. The van der Waals surface area contributed by atoms with Gasteiger partial charge in [-0.3, -0.25) is 0 Å². The van der Waals surface area contributed by atoms with Gasteiger partial charge in [-0.1, -0.05) is 36.0 Å². The van der Waals surface area contributed by atoms with Gasteiger partial charge in [-0.05, 0) is 25.3 Å². The normalized spacial score (nSPS) is 16.7. The van der Waals surface area contributed by atoms with Gasteiger partial charge in [-0.2, -0.15) is 0 Å². The van der Waals surface area contributed by atoms with Crippen LogP contribution in [-0.4, -0.2) is 11.0 Å². The van der Waals surface area contributed by atoms with Crippen molar-refractivity contribution < 1.29 is 0 Å². The first-order chi connectivity index (χ1) is 8.10. The predicted octanol–water partition coefficient (Wildman–Crippen LogP) is 3.27. The van der Waals surface area contributed by atoms with Crippen molar-refractivity contribution in [3.05, 3.63) is 16.1 Å². The minimum atomic E-state index is 0.347. The van der Waals surface area contributed by atoms with E-state index in [9.17, 15) is 0 Å². The molecule has 0 saturated heterocycles. The first kappa shape index (κ1) is 12.7. The third-order valence-electron chi connectivity index (χ3n) is 2.83. The molecule has 0 aromatic carbocycles. The Morgan fingerprint density at radius 3 is 2.65 bits per heavy atom. The summed E-state index contributed by atoms with van der Waals surface area (Å²) in [6, 6.07) is 1.98. The van der Waals surface area contributed by atoms with E-state index in [2.05, 4.69) is 22.7 Å². The molecule has 1 aromatic rings. The molecule has 1 aliphatic rings. The number of aromatic nitrogens is 1. The van der Waals surface area contributed by atoms with Gasteiger partial charge in [0.15, 0.2) is 5.82 Å². The predicted molar refractivity (Wildman–Crippen MR) is 72.5 cm³/mol. The number of halogens is 2. The summed E-state index contributed by atoms with van der Waals surface area (Å²) >= 11 is 12.0. The maximum atomic E-state index is 6.08. The fraction of sp³-hybridized carbons (Fsp3) is 0.545. The minimum absolute atomic E-state index is 0.347. The third-order valence-corrected chi connectivity index (χ3v) is 3.41. The van der Waals surface area contributed by atoms with Crippen LogP contribution in [0.1, 0.15) is 26.2 Å². The van der Waals surface area contributed by atoms with E-state index in [1.54, 1.807) is 6.07 Å². The lowest BCUT2D eigenvalue weighted by molar-refractivity contribution is 0.640. The summed E-state index contributed by atoms with van der Waals surface area (Å²) < 4.78 is 0. The van der Waals surface area contributed by atoms with Crippen molar-refractivity contribution in [3.8, 4) is 0 Å². The summed E-state index contributed by atoms with van der Waals surface area (Å²) in [4.78, 5) is 4.25. The Balaban J connectivity index is 2.07. The van der Waals surface area contributed by atoms with Crippen molar-refractivity contribution in [2.75, 3.05) is 10.7 Å². The molecule has 1 unspecified atom stereocenters. The highest BCUT2D eigenvalue weighted by Gasteiger charge is 2.24. The summed E-state index contributed by atoms with van der Waals surface area (Å²) in [7, 11) is 0. The highest BCUT2D eigenvalue weighted by molar-refractivity contribution is 6.37. The minimum Gasteiger partial charge on any atom is -0.366 e. The third kappa shape index (κ3) is 3.37. The molecule has 0 spiro atoms.